The van der Waals surface area contributed by atoms with Gasteiger partial charge in [-0.2, -0.15) is 0 Å². The minimum absolute atomic E-state index is 0.0785. The van der Waals surface area contributed by atoms with Crippen molar-refractivity contribution in [3.05, 3.63) is 60.4 Å². The molecular formula is C15H12N4O2. The van der Waals surface area contributed by atoms with Crippen LogP contribution in [0.25, 0.3) is 11.5 Å². The predicted molar refractivity (Wildman–Crippen MR) is 76.3 cm³/mol. The van der Waals surface area contributed by atoms with E-state index in [0.717, 1.165) is 5.56 Å². The second-order valence-electron chi connectivity index (χ2n) is 4.36. The van der Waals surface area contributed by atoms with Crippen molar-refractivity contribution in [1.29, 1.82) is 0 Å². The van der Waals surface area contributed by atoms with Crippen molar-refractivity contribution in [2.75, 3.05) is 5.32 Å². The summed E-state index contributed by atoms with van der Waals surface area (Å²) in [6.45, 7) is 0. The summed E-state index contributed by atoms with van der Waals surface area (Å²) < 4.78 is 5.38. The number of amides is 1. The lowest BCUT2D eigenvalue weighted by molar-refractivity contribution is -0.115. The number of carbonyl (C=O) groups excluding carboxylic acids is 1. The smallest absolute Gasteiger partial charge is 0.322 e. The molecule has 0 saturated heterocycles. The molecule has 0 bridgehead atoms. The van der Waals surface area contributed by atoms with Crippen molar-refractivity contribution < 1.29 is 9.21 Å². The maximum Gasteiger partial charge on any atom is 0.322 e. The van der Waals surface area contributed by atoms with Gasteiger partial charge in [0.2, 0.25) is 5.91 Å². The molecule has 104 valence electrons. The summed E-state index contributed by atoms with van der Waals surface area (Å²) in [6.07, 6.45) is 3.52. The third kappa shape index (κ3) is 3.30. The molecule has 2 heterocycles. The van der Waals surface area contributed by atoms with Crippen LogP contribution in [0.4, 0.5) is 6.01 Å². The van der Waals surface area contributed by atoms with Crippen molar-refractivity contribution in [2.24, 2.45) is 0 Å². The molecule has 6 nitrogen and oxygen atoms in total. The first-order chi connectivity index (χ1) is 10.3. The highest BCUT2D eigenvalue weighted by molar-refractivity contribution is 5.90. The zero-order valence-electron chi connectivity index (χ0n) is 11.1. The molecule has 1 aromatic carbocycles. The molecule has 0 atom stereocenters. The van der Waals surface area contributed by atoms with E-state index in [-0.39, 0.29) is 18.3 Å². The highest BCUT2D eigenvalue weighted by Crippen LogP contribution is 2.18. The van der Waals surface area contributed by atoms with Crippen molar-refractivity contribution in [2.45, 2.75) is 6.42 Å². The van der Waals surface area contributed by atoms with Gasteiger partial charge in [-0.15, -0.1) is 5.10 Å². The summed E-state index contributed by atoms with van der Waals surface area (Å²) in [7, 11) is 0. The molecule has 0 radical (unpaired) electrons. The molecule has 0 aliphatic heterocycles. The van der Waals surface area contributed by atoms with Crippen LogP contribution in [0.3, 0.4) is 0 Å². The Kier molecular flexibility index (Phi) is 3.68. The van der Waals surface area contributed by atoms with Crippen LogP contribution in [-0.4, -0.2) is 21.1 Å². The van der Waals surface area contributed by atoms with E-state index >= 15 is 0 Å². The SMILES string of the molecule is O=C(Cc1ccccc1)Nc1nnc(-c2cccnc2)o1. The van der Waals surface area contributed by atoms with E-state index in [1.54, 1.807) is 24.5 Å². The first kappa shape index (κ1) is 13.0. The van der Waals surface area contributed by atoms with Crippen LogP contribution in [0.2, 0.25) is 0 Å². The van der Waals surface area contributed by atoms with E-state index in [9.17, 15) is 4.79 Å². The maximum absolute atomic E-state index is 11.9. The Morgan fingerprint density at radius 1 is 1.10 bits per heavy atom. The van der Waals surface area contributed by atoms with E-state index in [2.05, 4.69) is 20.5 Å². The number of hydrogen-bond acceptors (Lipinski definition) is 5. The van der Waals surface area contributed by atoms with Gasteiger partial charge in [-0.3, -0.25) is 15.1 Å². The van der Waals surface area contributed by atoms with Crippen molar-refractivity contribution >= 4 is 11.9 Å². The Labute approximate surface area is 120 Å². The number of benzene rings is 1. The summed E-state index contributed by atoms with van der Waals surface area (Å²) >= 11 is 0. The van der Waals surface area contributed by atoms with Gasteiger partial charge >= 0.3 is 6.01 Å². The number of carbonyl (C=O) groups is 1. The number of pyridine rings is 1. The highest BCUT2D eigenvalue weighted by Gasteiger charge is 2.11. The second kappa shape index (κ2) is 5.96. The molecule has 1 N–H and O–H groups in total. The molecule has 0 unspecified atom stereocenters. The van der Waals surface area contributed by atoms with Gasteiger partial charge < -0.3 is 4.42 Å². The first-order valence-corrected chi connectivity index (χ1v) is 6.39. The third-order valence-electron chi connectivity index (χ3n) is 2.79. The summed E-state index contributed by atoms with van der Waals surface area (Å²) in [6, 6.07) is 13.1. The topological polar surface area (TPSA) is 80.9 Å². The summed E-state index contributed by atoms with van der Waals surface area (Å²) in [5.74, 6) is 0.112. The minimum atomic E-state index is -0.206. The quantitative estimate of drug-likeness (QED) is 0.793. The van der Waals surface area contributed by atoms with E-state index < -0.39 is 0 Å². The van der Waals surface area contributed by atoms with Crippen LogP contribution in [0.5, 0.6) is 0 Å². The van der Waals surface area contributed by atoms with Gasteiger partial charge in [0.05, 0.1) is 12.0 Å². The van der Waals surface area contributed by atoms with Crippen LogP contribution in [0, 0.1) is 0 Å². The van der Waals surface area contributed by atoms with E-state index in [0.29, 0.717) is 11.5 Å². The molecule has 0 aliphatic rings. The van der Waals surface area contributed by atoms with Gasteiger partial charge in [-0.25, -0.2) is 0 Å². The Hall–Kier alpha value is -3.02. The highest BCUT2D eigenvalue weighted by atomic mass is 16.4. The zero-order valence-corrected chi connectivity index (χ0v) is 11.1. The minimum Gasteiger partial charge on any atom is -0.403 e. The molecule has 0 aliphatic carbocycles. The van der Waals surface area contributed by atoms with E-state index in [4.69, 9.17) is 4.42 Å². The average Bonchev–Trinajstić information content (AvgIpc) is 2.97. The van der Waals surface area contributed by atoms with Gasteiger partial charge in [-0.05, 0) is 17.7 Å². The van der Waals surface area contributed by atoms with Gasteiger partial charge in [0.15, 0.2) is 0 Å². The number of anilines is 1. The molecule has 3 rings (SSSR count). The van der Waals surface area contributed by atoms with E-state index in [1.807, 2.05) is 30.3 Å². The maximum atomic E-state index is 11.9. The molecule has 3 aromatic rings. The Bertz CT molecular complexity index is 726. The van der Waals surface area contributed by atoms with Crippen LogP contribution in [0.15, 0.2) is 59.3 Å². The van der Waals surface area contributed by atoms with Crippen molar-refractivity contribution in [3.8, 4) is 11.5 Å². The van der Waals surface area contributed by atoms with Crippen LogP contribution in [0.1, 0.15) is 5.56 Å². The van der Waals surface area contributed by atoms with Crippen molar-refractivity contribution in [3.63, 3.8) is 0 Å². The second-order valence-corrected chi connectivity index (χ2v) is 4.36. The normalized spacial score (nSPS) is 10.3. The summed E-state index contributed by atoms with van der Waals surface area (Å²) in [5, 5.41) is 10.3. The average molecular weight is 280 g/mol. The molecule has 1 amide bonds. The molecule has 0 saturated carbocycles. The lowest BCUT2D eigenvalue weighted by atomic mass is 10.1. The van der Waals surface area contributed by atoms with E-state index in [1.165, 1.54) is 0 Å². The standard InChI is InChI=1S/C15H12N4O2/c20-13(9-11-5-2-1-3-6-11)17-15-19-18-14(21-15)12-7-4-8-16-10-12/h1-8,10H,9H2,(H,17,19,20). The molecule has 0 spiro atoms. The number of aromatic nitrogens is 3. The van der Waals surface area contributed by atoms with Crippen LogP contribution >= 0.6 is 0 Å². The zero-order chi connectivity index (χ0) is 14.5. The van der Waals surface area contributed by atoms with Gasteiger partial charge in [0, 0.05) is 12.4 Å². The molecule has 0 fully saturated rings. The largest absolute Gasteiger partial charge is 0.403 e. The Morgan fingerprint density at radius 2 is 1.95 bits per heavy atom. The molecular weight excluding hydrogens is 268 g/mol. The van der Waals surface area contributed by atoms with Crippen molar-refractivity contribution in [1.82, 2.24) is 15.2 Å². The van der Waals surface area contributed by atoms with Crippen LogP contribution in [-0.2, 0) is 11.2 Å². The Balaban J connectivity index is 1.66. The predicted octanol–water partition coefficient (Wildman–Crippen LogP) is 2.31. The lowest BCUT2D eigenvalue weighted by Gasteiger charge is -2.00. The molecule has 21 heavy (non-hydrogen) atoms. The number of nitrogens with one attached hydrogen (secondary N) is 1. The van der Waals surface area contributed by atoms with Gasteiger partial charge in [0.25, 0.3) is 5.89 Å². The Morgan fingerprint density at radius 3 is 2.71 bits per heavy atom. The fraction of sp³-hybridized carbons (Fsp3) is 0.0667. The fourth-order valence-electron chi connectivity index (χ4n) is 1.82. The fourth-order valence-corrected chi connectivity index (χ4v) is 1.82. The number of nitrogens with zero attached hydrogens (tertiary/aromatic N) is 3. The van der Waals surface area contributed by atoms with Gasteiger partial charge in [-0.1, -0.05) is 35.4 Å². The summed E-state index contributed by atoms with van der Waals surface area (Å²) in [5.41, 5.74) is 1.62. The summed E-state index contributed by atoms with van der Waals surface area (Å²) in [4.78, 5) is 15.8. The monoisotopic (exact) mass is 280 g/mol. The first-order valence-electron chi connectivity index (χ1n) is 6.39. The molecule has 2 aromatic heterocycles. The third-order valence-corrected chi connectivity index (χ3v) is 2.79. The number of hydrogen-bond donors (Lipinski definition) is 1. The van der Waals surface area contributed by atoms with Crippen LogP contribution < -0.4 is 5.32 Å². The lowest BCUT2D eigenvalue weighted by Crippen LogP contribution is -2.14. The molecule has 6 heteroatoms. The number of rotatable bonds is 4. The van der Waals surface area contributed by atoms with Gasteiger partial charge in [0.1, 0.15) is 0 Å².